The van der Waals surface area contributed by atoms with Crippen molar-refractivity contribution in [3.63, 3.8) is 0 Å². The number of methoxy groups -OCH3 is 1. The predicted molar refractivity (Wildman–Crippen MR) is 111 cm³/mol. The number of hydrogen-bond donors (Lipinski definition) is 1. The second-order valence-electron chi connectivity index (χ2n) is 6.60. The molecule has 26 heavy (non-hydrogen) atoms. The summed E-state index contributed by atoms with van der Waals surface area (Å²) in [4.78, 5) is 7.18. The zero-order valence-corrected chi connectivity index (χ0v) is 17.4. The molecule has 0 atom stereocenters. The molecule has 1 N–H and O–H groups in total. The fourth-order valence-electron chi connectivity index (χ4n) is 3.17. The van der Waals surface area contributed by atoms with Crippen molar-refractivity contribution in [1.82, 2.24) is 10.2 Å². The van der Waals surface area contributed by atoms with Crippen LogP contribution in [-0.2, 0) is 11.3 Å². The Morgan fingerprint density at radius 3 is 2.54 bits per heavy atom. The van der Waals surface area contributed by atoms with Crippen molar-refractivity contribution in [3.8, 4) is 5.75 Å². The number of guanidine groups is 1. The molecular weight excluding hydrogens is 346 g/mol. The van der Waals surface area contributed by atoms with E-state index in [0.717, 1.165) is 63.2 Å². The smallest absolute Gasteiger partial charge is 0.194 e. The van der Waals surface area contributed by atoms with Gasteiger partial charge in [-0.05, 0) is 43.2 Å². The quantitative estimate of drug-likeness (QED) is 0.554. The summed E-state index contributed by atoms with van der Waals surface area (Å²) in [5.41, 5.74) is 1.24. The van der Waals surface area contributed by atoms with Crippen LogP contribution in [0.2, 0.25) is 0 Å². The van der Waals surface area contributed by atoms with Crippen molar-refractivity contribution in [3.05, 3.63) is 29.8 Å². The fraction of sp³-hybridized carbons (Fsp3) is 0.650. The number of rotatable bonds is 8. The van der Waals surface area contributed by atoms with Crippen molar-refractivity contribution in [2.24, 2.45) is 4.99 Å². The maximum atomic E-state index is 5.57. The standard InChI is InChI=1S/C20H33N3O2S/c1-5-21-19(22-16-20(26-6-2)11-13-25-14-12-20)23(3)15-17-7-9-18(24-4)10-8-17/h7-10H,5-6,11-16H2,1-4H3,(H,21,22). The van der Waals surface area contributed by atoms with Gasteiger partial charge in [0.15, 0.2) is 5.96 Å². The number of ether oxygens (including phenoxy) is 2. The summed E-state index contributed by atoms with van der Waals surface area (Å²) in [5.74, 6) is 2.97. The molecule has 0 spiro atoms. The summed E-state index contributed by atoms with van der Waals surface area (Å²) in [5, 5.41) is 3.43. The molecule has 0 bridgehead atoms. The molecule has 0 radical (unpaired) electrons. The first-order valence-corrected chi connectivity index (χ1v) is 10.4. The minimum Gasteiger partial charge on any atom is -0.497 e. The van der Waals surface area contributed by atoms with E-state index in [1.807, 2.05) is 23.9 Å². The minimum atomic E-state index is 0.217. The lowest BCUT2D eigenvalue weighted by Crippen LogP contribution is -2.41. The van der Waals surface area contributed by atoms with Crippen LogP contribution in [0.3, 0.4) is 0 Å². The van der Waals surface area contributed by atoms with Gasteiger partial charge in [0.1, 0.15) is 5.75 Å². The molecule has 1 heterocycles. The molecule has 5 nitrogen and oxygen atoms in total. The first kappa shape index (κ1) is 20.9. The Kier molecular flexibility index (Phi) is 8.59. The van der Waals surface area contributed by atoms with E-state index in [2.05, 4.69) is 43.2 Å². The molecule has 1 fully saturated rings. The Balaban J connectivity index is 2.05. The number of thioether (sulfide) groups is 1. The molecule has 1 aliphatic heterocycles. The molecule has 0 unspecified atom stereocenters. The van der Waals surface area contributed by atoms with Crippen molar-refractivity contribution in [2.75, 3.05) is 46.2 Å². The maximum Gasteiger partial charge on any atom is 0.194 e. The van der Waals surface area contributed by atoms with Crippen LogP contribution in [0.1, 0.15) is 32.3 Å². The third kappa shape index (κ3) is 6.09. The first-order chi connectivity index (χ1) is 12.6. The van der Waals surface area contributed by atoms with Gasteiger partial charge >= 0.3 is 0 Å². The van der Waals surface area contributed by atoms with Gasteiger partial charge in [-0.25, -0.2) is 0 Å². The Bertz CT molecular complexity index is 551. The fourth-order valence-corrected chi connectivity index (χ4v) is 4.39. The Labute approximate surface area is 162 Å². The van der Waals surface area contributed by atoms with Crippen molar-refractivity contribution in [1.29, 1.82) is 0 Å². The van der Waals surface area contributed by atoms with E-state index in [1.165, 1.54) is 5.56 Å². The number of hydrogen-bond acceptors (Lipinski definition) is 4. The summed E-state index contributed by atoms with van der Waals surface area (Å²) in [7, 11) is 3.78. The molecule has 1 saturated heterocycles. The zero-order valence-electron chi connectivity index (χ0n) is 16.6. The Morgan fingerprint density at radius 1 is 1.27 bits per heavy atom. The van der Waals surface area contributed by atoms with E-state index in [9.17, 15) is 0 Å². The molecule has 6 heteroatoms. The largest absolute Gasteiger partial charge is 0.497 e. The van der Waals surface area contributed by atoms with Crippen LogP contribution >= 0.6 is 11.8 Å². The lowest BCUT2D eigenvalue weighted by molar-refractivity contribution is 0.0793. The number of nitrogens with zero attached hydrogens (tertiary/aromatic N) is 2. The molecule has 1 aromatic rings. The van der Waals surface area contributed by atoms with E-state index >= 15 is 0 Å². The van der Waals surface area contributed by atoms with Gasteiger partial charge in [-0.15, -0.1) is 0 Å². The Morgan fingerprint density at radius 2 is 1.96 bits per heavy atom. The Hall–Kier alpha value is -1.40. The summed E-state index contributed by atoms with van der Waals surface area (Å²) in [6.45, 7) is 8.55. The van der Waals surface area contributed by atoms with Gasteiger partial charge < -0.3 is 19.7 Å². The minimum absolute atomic E-state index is 0.217. The highest BCUT2D eigenvalue weighted by Crippen LogP contribution is 2.35. The van der Waals surface area contributed by atoms with Gasteiger partial charge in [0.2, 0.25) is 0 Å². The van der Waals surface area contributed by atoms with Crippen LogP contribution in [0.15, 0.2) is 29.3 Å². The third-order valence-corrected chi connectivity index (χ3v) is 6.09. The van der Waals surface area contributed by atoms with Gasteiger partial charge in [-0.3, -0.25) is 4.99 Å². The monoisotopic (exact) mass is 379 g/mol. The van der Waals surface area contributed by atoms with E-state index in [0.29, 0.717) is 0 Å². The number of benzene rings is 1. The number of aliphatic imine (C=N–C) groups is 1. The molecule has 2 rings (SSSR count). The van der Waals surface area contributed by atoms with E-state index in [1.54, 1.807) is 7.11 Å². The molecule has 0 aliphatic carbocycles. The maximum absolute atomic E-state index is 5.57. The lowest BCUT2D eigenvalue weighted by Gasteiger charge is -2.35. The van der Waals surface area contributed by atoms with Gasteiger partial charge in [0.25, 0.3) is 0 Å². The van der Waals surface area contributed by atoms with Crippen LogP contribution in [0, 0.1) is 0 Å². The molecule has 1 aliphatic rings. The highest BCUT2D eigenvalue weighted by Gasteiger charge is 2.32. The normalized spacial score (nSPS) is 17.0. The number of nitrogens with one attached hydrogen (secondary N) is 1. The first-order valence-electron chi connectivity index (χ1n) is 9.46. The lowest BCUT2D eigenvalue weighted by atomic mass is 9.99. The summed E-state index contributed by atoms with van der Waals surface area (Å²) in [6.07, 6.45) is 2.16. The van der Waals surface area contributed by atoms with Crippen molar-refractivity contribution < 1.29 is 9.47 Å². The van der Waals surface area contributed by atoms with Gasteiger partial charge in [-0.2, -0.15) is 11.8 Å². The van der Waals surface area contributed by atoms with Gasteiger partial charge in [-0.1, -0.05) is 19.1 Å². The second-order valence-corrected chi connectivity index (χ2v) is 8.33. The second kappa shape index (κ2) is 10.7. The predicted octanol–water partition coefficient (Wildman–Crippen LogP) is 3.39. The third-order valence-electron chi connectivity index (χ3n) is 4.65. The molecule has 0 aromatic heterocycles. The van der Waals surface area contributed by atoms with E-state index in [4.69, 9.17) is 14.5 Å². The average molecular weight is 380 g/mol. The summed E-state index contributed by atoms with van der Waals surface area (Å²) >= 11 is 2.03. The zero-order chi connectivity index (χ0) is 18.8. The molecule has 1 aromatic carbocycles. The highest BCUT2D eigenvalue weighted by molar-refractivity contribution is 8.00. The highest BCUT2D eigenvalue weighted by atomic mass is 32.2. The van der Waals surface area contributed by atoms with E-state index in [-0.39, 0.29) is 4.75 Å². The van der Waals surface area contributed by atoms with Gasteiger partial charge in [0.05, 0.1) is 13.7 Å². The molecule has 0 saturated carbocycles. The topological polar surface area (TPSA) is 46.1 Å². The summed E-state index contributed by atoms with van der Waals surface area (Å²) < 4.78 is 11.0. The van der Waals surface area contributed by atoms with E-state index < -0.39 is 0 Å². The molecule has 0 amide bonds. The van der Waals surface area contributed by atoms with Gasteiger partial charge in [0, 0.05) is 38.1 Å². The molecule has 146 valence electrons. The molecular formula is C20H33N3O2S. The van der Waals surface area contributed by atoms with Crippen LogP contribution in [0.4, 0.5) is 0 Å². The van der Waals surface area contributed by atoms with Crippen LogP contribution in [0.5, 0.6) is 5.75 Å². The van der Waals surface area contributed by atoms with Crippen LogP contribution in [0.25, 0.3) is 0 Å². The SMILES string of the molecule is CCNC(=NCC1(SCC)CCOCC1)N(C)Cc1ccc(OC)cc1. The van der Waals surface area contributed by atoms with Crippen molar-refractivity contribution >= 4 is 17.7 Å². The van der Waals surface area contributed by atoms with Crippen LogP contribution in [-0.4, -0.2) is 61.8 Å². The average Bonchev–Trinajstić information content (AvgIpc) is 2.66. The summed E-state index contributed by atoms with van der Waals surface area (Å²) in [6, 6.07) is 8.21. The van der Waals surface area contributed by atoms with Crippen LogP contribution < -0.4 is 10.1 Å². The van der Waals surface area contributed by atoms with Crippen molar-refractivity contribution in [2.45, 2.75) is 38.0 Å².